The molecule has 0 aliphatic rings. The van der Waals surface area contributed by atoms with Crippen LogP contribution in [-0.4, -0.2) is 0 Å². The van der Waals surface area contributed by atoms with Gasteiger partial charge in [0.25, 0.3) is 0 Å². The molecule has 0 spiro atoms. The molecule has 0 radical (unpaired) electrons. The lowest BCUT2D eigenvalue weighted by atomic mass is 10.1. The summed E-state index contributed by atoms with van der Waals surface area (Å²) in [6.45, 7) is 4.09. The second-order valence-electron chi connectivity index (χ2n) is 4.41. The minimum absolute atomic E-state index is 0.923. The second kappa shape index (κ2) is 6.61. The van der Waals surface area contributed by atoms with Gasteiger partial charge >= 0.3 is 0 Å². The molecule has 0 heteroatoms. The summed E-state index contributed by atoms with van der Waals surface area (Å²) in [6.07, 6.45) is 6.20. The van der Waals surface area contributed by atoms with E-state index in [-0.39, 0.29) is 0 Å². The fraction of sp³-hybridized carbons (Fsp3) is 0.111. The van der Waals surface area contributed by atoms with Crippen molar-refractivity contribution in [2.75, 3.05) is 0 Å². The first-order valence-electron chi connectivity index (χ1n) is 6.27. The zero-order valence-electron chi connectivity index (χ0n) is 10.5. The van der Waals surface area contributed by atoms with Crippen LogP contribution in [0.5, 0.6) is 0 Å². The highest BCUT2D eigenvalue weighted by atomic mass is 14.0. The fourth-order valence-electron chi connectivity index (χ4n) is 1.89. The van der Waals surface area contributed by atoms with Gasteiger partial charge in [0.2, 0.25) is 0 Å². The number of hydrogen-bond donors (Lipinski definition) is 0. The fourth-order valence-corrected chi connectivity index (χ4v) is 1.89. The van der Waals surface area contributed by atoms with Crippen LogP contribution in [0.4, 0.5) is 0 Å². The summed E-state index contributed by atoms with van der Waals surface area (Å²) in [5.41, 5.74) is 3.80. The van der Waals surface area contributed by atoms with Crippen LogP contribution in [0.25, 0.3) is 0 Å². The Balaban J connectivity index is 1.85. The molecule has 0 bridgehead atoms. The smallest absolute Gasteiger partial charge is 0.00318 e. The van der Waals surface area contributed by atoms with Crippen LogP contribution in [0.2, 0.25) is 0 Å². The van der Waals surface area contributed by atoms with E-state index in [4.69, 9.17) is 0 Å². The Morgan fingerprint density at radius 1 is 0.833 bits per heavy atom. The van der Waals surface area contributed by atoms with Crippen LogP contribution >= 0.6 is 0 Å². The van der Waals surface area contributed by atoms with Crippen LogP contribution in [-0.2, 0) is 12.8 Å². The van der Waals surface area contributed by atoms with E-state index in [9.17, 15) is 0 Å². The molecule has 0 saturated carbocycles. The quantitative estimate of drug-likeness (QED) is 0.664. The maximum Gasteiger partial charge on any atom is -0.00318 e. The van der Waals surface area contributed by atoms with Crippen molar-refractivity contribution in [2.45, 2.75) is 12.8 Å². The topological polar surface area (TPSA) is 0 Å². The van der Waals surface area contributed by atoms with Gasteiger partial charge in [-0.2, -0.15) is 0 Å². The van der Waals surface area contributed by atoms with Crippen LogP contribution in [0, 0.1) is 0 Å². The van der Waals surface area contributed by atoms with E-state index in [0.29, 0.717) is 0 Å². The molecule has 2 rings (SSSR count). The monoisotopic (exact) mass is 234 g/mol. The molecule has 0 saturated heterocycles. The average molecular weight is 234 g/mol. The molecule has 0 fully saturated rings. The van der Waals surface area contributed by atoms with Crippen LogP contribution in [0.1, 0.15) is 11.1 Å². The zero-order chi connectivity index (χ0) is 12.6. The second-order valence-corrected chi connectivity index (χ2v) is 4.41. The molecule has 0 heterocycles. The molecule has 0 aliphatic carbocycles. The molecule has 90 valence electrons. The molecular weight excluding hydrogens is 216 g/mol. The first kappa shape index (κ1) is 12.4. The van der Waals surface area contributed by atoms with E-state index in [1.807, 2.05) is 12.1 Å². The summed E-state index contributed by atoms with van der Waals surface area (Å²) >= 11 is 0. The number of allylic oxidation sites excluding steroid dienone is 3. The Kier molecular flexibility index (Phi) is 4.54. The minimum Gasteiger partial charge on any atom is -0.0955 e. The summed E-state index contributed by atoms with van der Waals surface area (Å²) in [4.78, 5) is 0. The Bertz CT molecular complexity index is 506. The van der Waals surface area contributed by atoms with Crippen molar-refractivity contribution < 1.29 is 0 Å². The Hall–Kier alpha value is -2.08. The van der Waals surface area contributed by atoms with Crippen molar-refractivity contribution >= 4 is 0 Å². The van der Waals surface area contributed by atoms with Gasteiger partial charge in [-0.3, -0.25) is 0 Å². The molecule has 2 aromatic rings. The van der Waals surface area contributed by atoms with Crippen LogP contribution in [0.3, 0.4) is 0 Å². The Morgan fingerprint density at radius 2 is 1.39 bits per heavy atom. The van der Waals surface area contributed by atoms with Crippen molar-refractivity contribution in [2.24, 2.45) is 0 Å². The largest absolute Gasteiger partial charge is 0.0955 e. The maximum atomic E-state index is 4.09. The lowest BCUT2D eigenvalue weighted by molar-refractivity contribution is 1.19. The van der Waals surface area contributed by atoms with E-state index in [1.54, 1.807) is 0 Å². The van der Waals surface area contributed by atoms with Crippen LogP contribution < -0.4 is 0 Å². The lowest BCUT2D eigenvalue weighted by Crippen LogP contribution is -1.86. The highest BCUT2D eigenvalue weighted by Crippen LogP contribution is 2.08. The van der Waals surface area contributed by atoms with Crippen molar-refractivity contribution in [1.29, 1.82) is 0 Å². The first-order chi connectivity index (χ1) is 8.84. The standard InChI is InChI=1S/C18H18/c1-16(15-18-12-6-3-7-13-18)9-8-14-17-10-4-2-5-11-17/h2-13H,1,14-15H2/b9-8+. The predicted octanol–water partition coefficient (Wildman–Crippen LogP) is 4.58. The van der Waals surface area contributed by atoms with Gasteiger partial charge in [0, 0.05) is 0 Å². The van der Waals surface area contributed by atoms with Crippen molar-refractivity contribution in [3.05, 3.63) is 96.1 Å². The Labute approximate surface area is 109 Å². The minimum atomic E-state index is 0.923. The van der Waals surface area contributed by atoms with Crippen molar-refractivity contribution in [1.82, 2.24) is 0 Å². The lowest BCUT2D eigenvalue weighted by Gasteiger charge is -2.00. The summed E-state index contributed by atoms with van der Waals surface area (Å²) < 4.78 is 0. The molecular formula is C18H18. The van der Waals surface area contributed by atoms with Gasteiger partial charge in [-0.25, -0.2) is 0 Å². The van der Waals surface area contributed by atoms with Crippen LogP contribution in [0.15, 0.2) is 85.0 Å². The summed E-state index contributed by atoms with van der Waals surface area (Å²) in [5, 5.41) is 0. The molecule has 2 aromatic carbocycles. The van der Waals surface area contributed by atoms with E-state index in [2.05, 4.69) is 67.3 Å². The van der Waals surface area contributed by atoms with Crippen molar-refractivity contribution in [3.63, 3.8) is 0 Å². The predicted molar refractivity (Wildman–Crippen MR) is 78.6 cm³/mol. The highest BCUT2D eigenvalue weighted by molar-refractivity contribution is 5.27. The molecule has 0 amide bonds. The molecule has 18 heavy (non-hydrogen) atoms. The molecule has 0 N–H and O–H groups in total. The van der Waals surface area contributed by atoms with Gasteiger partial charge in [-0.15, -0.1) is 0 Å². The van der Waals surface area contributed by atoms with Gasteiger partial charge in [0.1, 0.15) is 0 Å². The van der Waals surface area contributed by atoms with E-state index >= 15 is 0 Å². The van der Waals surface area contributed by atoms with Gasteiger partial charge < -0.3 is 0 Å². The number of hydrogen-bond acceptors (Lipinski definition) is 0. The van der Waals surface area contributed by atoms with Crippen molar-refractivity contribution in [3.8, 4) is 0 Å². The number of benzene rings is 2. The highest BCUT2D eigenvalue weighted by Gasteiger charge is 1.93. The zero-order valence-corrected chi connectivity index (χ0v) is 10.5. The average Bonchev–Trinajstić information content (AvgIpc) is 2.41. The summed E-state index contributed by atoms with van der Waals surface area (Å²) in [5.74, 6) is 0. The normalized spacial score (nSPS) is 10.7. The third-order valence-corrected chi connectivity index (χ3v) is 2.82. The van der Waals surface area contributed by atoms with Gasteiger partial charge in [-0.1, -0.05) is 85.0 Å². The summed E-state index contributed by atoms with van der Waals surface area (Å²) in [6, 6.07) is 20.9. The SMILES string of the molecule is C=C(/C=C/Cc1ccccc1)Cc1ccccc1. The third-order valence-electron chi connectivity index (χ3n) is 2.82. The molecule has 0 atom stereocenters. The van der Waals surface area contributed by atoms with E-state index in [1.165, 1.54) is 11.1 Å². The van der Waals surface area contributed by atoms with Gasteiger partial charge in [0.15, 0.2) is 0 Å². The molecule has 0 nitrogen and oxygen atoms in total. The molecule has 0 aromatic heterocycles. The first-order valence-corrected chi connectivity index (χ1v) is 6.27. The molecule has 0 aliphatic heterocycles. The third kappa shape index (κ3) is 4.06. The Morgan fingerprint density at radius 3 is 2.00 bits per heavy atom. The van der Waals surface area contributed by atoms with Gasteiger partial charge in [-0.05, 0) is 24.0 Å². The van der Waals surface area contributed by atoms with E-state index < -0.39 is 0 Å². The van der Waals surface area contributed by atoms with E-state index in [0.717, 1.165) is 18.4 Å². The number of rotatable bonds is 5. The summed E-state index contributed by atoms with van der Waals surface area (Å²) in [7, 11) is 0. The molecule has 0 unspecified atom stereocenters. The van der Waals surface area contributed by atoms with Gasteiger partial charge in [0.05, 0.1) is 0 Å². The maximum absolute atomic E-state index is 4.09.